The minimum absolute atomic E-state index is 0.435. The van der Waals surface area contributed by atoms with Gasteiger partial charge >= 0.3 is 0 Å². The summed E-state index contributed by atoms with van der Waals surface area (Å²) in [5.74, 6) is 2.08. The molecule has 4 nitrogen and oxygen atoms in total. The van der Waals surface area contributed by atoms with E-state index in [1.165, 1.54) is 0 Å². The SMILES string of the molecule is CN=C(N)NCc1ccc(Oc2ccccc2)cc1. The molecule has 2 rings (SSSR count). The highest BCUT2D eigenvalue weighted by molar-refractivity contribution is 5.77. The zero-order valence-electron chi connectivity index (χ0n) is 10.8. The van der Waals surface area contributed by atoms with Crippen molar-refractivity contribution in [3.63, 3.8) is 0 Å². The van der Waals surface area contributed by atoms with Gasteiger partial charge in [-0.15, -0.1) is 0 Å². The molecule has 2 aromatic carbocycles. The lowest BCUT2D eigenvalue weighted by Crippen LogP contribution is -2.30. The number of guanidine groups is 1. The van der Waals surface area contributed by atoms with E-state index in [2.05, 4.69) is 10.3 Å². The number of hydrogen-bond acceptors (Lipinski definition) is 2. The molecule has 0 aliphatic heterocycles. The van der Waals surface area contributed by atoms with E-state index >= 15 is 0 Å². The molecular weight excluding hydrogens is 238 g/mol. The quantitative estimate of drug-likeness (QED) is 0.652. The Morgan fingerprint density at radius 1 is 1.05 bits per heavy atom. The highest BCUT2D eigenvalue weighted by atomic mass is 16.5. The normalized spacial score (nSPS) is 11.1. The number of rotatable bonds is 4. The Hall–Kier alpha value is -2.49. The number of para-hydroxylation sites is 1. The number of nitrogens with one attached hydrogen (secondary N) is 1. The zero-order chi connectivity index (χ0) is 13.5. The molecule has 0 saturated heterocycles. The number of nitrogens with zero attached hydrogens (tertiary/aromatic N) is 1. The predicted octanol–water partition coefficient (Wildman–Crippen LogP) is 2.51. The second-order valence-corrected chi connectivity index (χ2v) is 4.02. The summed E-state index contributed by atoms with van der Waals surface area (Å²) >= 11 is 0. The molecule has 0 radical (unpaired) electrons. The van der Waals surface area contributed by atoms with E-state index < -0.39 is 0 Å². The number of aliphatic imine (C=N–C) groups is 1. The molecule has 0 saturated carbocycles. The molecular formula is C15H17N3O. The van der Waals surface area contributed by atoms with Crippen LogP contribution in [0.15, 0.2) is 59.6 Å². The monoisotopic (exact) mass is 255 g/mol. The lowest BCUT2D eigenvalue weighted by atomic mass is 10.2. The van der Waals surface area contributed by atoms with Gasteiger partial charge < -0.3 is 15.8 Å². The number of nitrogens with two attached hydrogens (primary N) is 1. The van der Waals surface area contributed by atoms with Crippen LogP contribution >= 0.6 is 0 Å². The molecule has 0 bridgehead atoms. The van der Waals surface area contributed by atoms with Gasteiger partial charge in [-0.05, 0) is 29.8 Å². The standard InChI is InChI=1S/C15H17N3O/c1-17-15(16)18-11-12-7-9-14(10-8-12)19-13-5-3-2-4-6-13/h2-10H,11H2,1H3,(H3,16,17,18). The van der Waals surface area contributed by atoms with E-state index in [-0.39, 0.29) is 0 Å². The van der Waals surface area contributed by atoms with Crippen molar-refractivity contribution in [3.8, 4) is 11.5 Å². The van der Waals surface area contributed by atoms with Gasteiger partial charge in [-0.25, -0.2) is 0 Å². The molecule has 0 aliphatic carbocycles. The van der Waals surface area contributed by atoms with E-state index in [0.29, 0.717) is 12.5 Å². The lowest BCUT2D eigenvalue weighted by Gasteiger charge is -2.07. The van der Waals surface area contributed by atoms with Crippen molar-refractivity contribution in [2.45, 2.75) is 6.54 Å². The van der Waals surface area contributed by atoms with E-state index in [1.807, 2.05) is 54.6 Å². The van der Waals surface area contributed by atoms with Crippen LogP contribution in [-0.2, 0) is 6.54 Å². The fourth-order valence-corrected chi connectivity index (χ4v) is 1.57. The summed E-state index contributed by atoms with van der Waals surface area (Å²) in [7, 11) is 1.65. The number of hydrogen-bond donors (Lipinski definition) is 2. The van der Waals surface area contributed by atoms with Crippen molar-refractivity contribution in [2.24, 2.45) is 10.7 Å². The summed E-state index contributed by atoms with van der Waals surface area (Å²) in [5, 5.41) is 3.00. The van der Waals surface area contributed by atoms with Gasteiger partial charge in [-0.1, -0.05) is 30.3 Å². The van der Waals surface area contributed by atoms with E-state index in [4.69, 9.17) is 10.5 Å². The highest BCUT2D eigenvalue weighted by Gasteiger charge is 1.98. The smallest absolute Gasteiger partial charge is 0.188 e. The molecule has 19 heavy (non-hydrogen) atoms. The van der Waals surface area contributed by atoms with Crippen LogP contribution in [0.3, 0.4) is 0 Å². The van der Waals surface area contributed by atoms with Gasteiger partial charge in [0.1, 0.15) is 11.5 Å². The molecule has 0 aliphatic rings. The Balaban J connectivity index is 1.95. The van der Waals surface area contributed by atoms with Gasteiger partial charge in [-0.2, -0.15) is 0 Å². The first-order valence-corrected chi connectivity index (χ1v) is 6.06. The molecule has 3 N–H and O–H groups in total. The summed E-state index contributed by atoms with van der Waals surface area (Å²) in [4.78, 5) is 3.84. The molecule has 0 atom stereocenters. The summed E-state index contributed by atoms with van der Waals surface area (Å²) in [6.45, 7) is 0.648. The number of benzene rings is 2. The second-order valence-electron chi connectivity index (χ2n) is 4.02. The minimum atomic E-state index is 0.435. The van der Waals surface area contributed by atoms with Crippen LogP contribution in [0.1, 0.15) is 5.56 Å². The maximum Gasteiger partial charge on any atom is 0.188 e. The molecule has 0 unspecified atom stereocenters. The maximum absolute atomic E-state index is 5.71. The van der Waals surface area contributed by atoms with Crippen molar-refractivity contribution in [3.05, 3.63) is 60.2 Å². The van der Waals surface area contributed by atoms with Crippen molar-refractivity contribution in [1.29, 1.82) is 0 Å². The van der Waals surface area contributed by atoms with Crippen LogP contribution in [-0.4, -0.2) is 13.0 Å². The first kappa shape index (κ1) is 13.0. The maximum atomic E-state index is 5.71. The Labute approximate surface area is 112 Å². The van der Waals surface area contributed by atoms with Crippen LogP contribution < -0.4 is 15.8 Å². The Morgan fingerprint density at radius 3 is 2.32 bits per heavy atom. The third-order valence-corrected chi connectivity index (χ3v) is 2.62. The molecule has 0 aromatic heterocycles. The summed E-state index contributed by atoms with van der Waals surface area (Å²) in [6.07, 6.45) is 0. The zero-order valence-corrected chi connectivity index (χ0v) is 10.8. The van der Waals surface area contributed by atoms with E-state index in [9.17, 15) is 0 Å². The largest absolute Gasteiger partial charge is 0.457 e. The van der Waals surface area contributed by atoms with Gasteiger partial charge in [0.25, 0.3) is 0 Å². The van der Waals surface area contributed by atoms with Gasteiger partial charge in [0.15, 0.2) is 5.96 Å². The Bertz CT molecular complexity index is 535. The lowest BCUT2D eigenvalue weighted by molar-refractivity contribution is 0.482. The third kappa shape index (κ3) is 4.03. The fourth-order valence-electron chi connectivity index (χ4n) is 1.57. The molecule has 98 valence electrons. The van der Waals surface area contributed by atoms with Crippen LogP contribution in [0.2, 0.25) is 0 Å². The van der Waals surface area contributed by atoms with Crippen LogP contribution in [0, 0.1) is 0 Å². The molecule has 0 amide bonds. The summed E-state index contributed by atoms with van der Waals surface area (Å²) in [5.41, 5.74) is 6.68. The van der Waals surface area contributed by atoms with Crippen molar-refractivity contribution in [1.82, 2.24) is 5.32 Å². The van der Waals surface area contributed by atoms with Crippen LogP contribution in [0.25, 0.3) is 0 Å². The molecule has 2 aromatic rings. The van der Waals surface area contributed by atoms with Crippen molar-refractivity contribution >= 4 is 5.96 Å². The molecule has 0 spiro atoms. The molecule has 0 fully saturated rings. The topological polar surface area (TPSA) is 59.6 Å². The average Bonchev–Trinajstić information content (AvgIpc) is 2.47. The van der Waals surface area contributed by atoms with Crippen molar-refractivity contribution < 1.29 is 4.74 Å². The first-order valence-electron chi connectivity index (χ1n) is 6.06. The van der Waals surface area contributed by atoms with Crippen molar-refractivity contribution in [2.75, 3.05) is 7.05 Å². The molecule has 4 heteroatoms. The number of ether oxygens (including phenoxy) is 1. The van der Waals surface area contributed by atoms with Gasteiger partial charge in [-0.3, -0.25) is 4.99 Å². The summed E-state index contributed by atoms with van der Waals surface area (Å²) in [6, 6.07) is 17.6. The fraction of sp³-hybridized carbons (Fsp3) is 0.133. The van der Waals surface area contributed by atoms with Gasteiger partial charge in [0.05, 0.1) is 0 Å². The second kappa shape index (κ2) is 6.44. The minimum Gasteiger partial charge on any atom is -0.457 e. The average molecular weight is 255 g/mol. The summed E-state index contributed by atoms with van der Waals surface area (Å²) < 4.78 is 5.71. The van der Waals surface area contributed by atoms with E-state index in [1.54, 1.807) is 7.05 Å². The highest BCUT2D eigenvalue weighted by Crippen LogP contribution is 2.20. The van der Waals surface area contributed by atoms with E-state index in [0.717, 1.165) is 17.1 Å². The third-order valence-electron chi connectivity index (χ3n) is 2.62. The van der Waals surface area contributed by atoms with Gasteiger partial charge in [0.2, 0.25) is 0 Å². The van der Waals surface area contributed by atoms with Gasteiger partial charge in [0, 0.05) is 13.6 Å². The van der Waals surface area contributed by atoms with Crippen LogP contribution in [0.4, 0.5) is 0 Å². The first-order chi connectivity index (χ1) is 9.28. The Morgan fingerprint density at radius 2 is 1.68 bits per heavy atom. The van der Waals surface area contributed by atoms with Crippen LogP contribution in [0.5, 0.6) is 11.5 Å². The molecule has 0 heterocycles. The predicted molar refractivity (Wildman–Crippen MR) is 77.3 cm³/mol. The Kier molecular flexibility index (Phi) is 4.39.